The van der Waals surface area contributed by atoms with Crippen molar-refractivity contribution in [3.63, 3.8) is 0 Å². The van der Waals surface area contributed by atoms with E-state index in [4.69, 9.17) is 9.15 Å². The highest BCUT2D eigenvalue weighted by Gasteiger charge is 2.30. The fraction of sp³-hybridized carbons (Fsp3) is 0.231. The number of ether oxygens (including phenoxy) is 1. The number of furan rings is 1. The fourth-order valence-electron chi connectivity index (χ4n) is 4.31. The molecule has 168 valence electrons. The van der Waals surface area contributed by atoms with Crippen LogP contribution in [0.15, 0.2) is 71.1 Å². The Balaban J connectivity index is 1.27. The minimum absolute atomic E-state index is 0.0849. The van der Waals surface area contributed by atoms with Gasteiger partial charge in [-0.05, 0) is 43.2 Å². The maximum Gasteiger partial charge on any atom is 0.289 e. The first-order valence-corrected chi connectivity index (χ1v) is 11.0. The van der Waals surface area contributed by atoms with E-state index >= 15 is 0 Å². The van der Waals surface area contributed by atoms with Gasteiger partial charge in [-0.3, -0.25) is 9.59 Å². The van der Waals surface area contributed by atoms with Crippen molar-refractivity contribution in [1.29, 1.82) is 0 Å². The molecule has 0 aliphatic carbocycles. The minimum atomic E-state index is -0.281. The number of hydrogen-bond acceptors (Lipinski definition) is 4. The topological polar surface area (TPSA) is 87.6 Å². The predicted molar refractivity (Wildman–Crippen MR) is 126 cm³/mol. The number of piperidine rings is 1. The van der Waals surface area contributed by atoms with Crippen molar-refractivity contribution in [2.24, 2.45) is 5.92 Å². The Hall–Kier alpha value is -4.00. The molecule has 7 nitrogen and oxygen atoms in total. The van der Waals surface area contributed by atoms with E-state index in [1.54, 1.807) is 17.0 Å². The molecule has 0 spiro atoms. The molecule has 1 saturated heterocycles. The van der Waals surface area contributed by atoms with Gasteiger partial charge in [0.2, 0.25) is 5.91 Å². The summed E-state index contributed by atoms with van der Waals surface area (Å²) in [6.45, 7) is 0.955. The molecule has 0 saturated carbocycles. The van der Waals surface area contributed by atoms with E-state index in [1.807, 2.05) is 42.5 Å². The van der Waals surface area contributed by atoms with Crippen LogP contribution in [0.2, 0.25) is 0 Å². The second-order valence-corrected chi connectivity index (χ2v) is 8.25. The second-order valence-electron chi connectivity index (χ2n) is 8.25. The molecule has 1 fully saturated rings. The lowest BCUT2D eigenvalue weighted by Crippen LogP contribution is -2.43. The van der Waals surface area contributed by atoms with Gasteiger partial charge in [-0.15, -0.1) is 0 Å². The summed E-state index contributed by atoms with van der Waals surface area (Å²) in [4.78, 5) is 30.9. The Morgan fingerprint density at radius 1 is 1.09 bits per heavy atom. The van der Waals surface area contributed by atoms with Gasteiger partial charge in [0.15, 0.2) is 5.76 Å². The molecule has 1 aliphatic heterocycles. The number of aromatic amines is 1. The van der Waals surface area contributed by atoms with Crippen LogP contribution in [-0.2, 0) is 4.79 Å². The molecule has 33 heavy (non-hydrogen) atoms. The number of nitrogens with zero attached hydrogens (tertiary/aromatic N) is 1. The van der Waals surface area contributed by atoms with E-state index < -0.39 is 0 Å². The highest BCUT2D eigenvalue weighted by Crippen LogP contribution is 2.27. The van der Waals surface area contributed by atoms with Crippen LogP contribution in [-0.4, -0.2) is 41.9 Å². The van der Waals surface area contributed by atoms with Crippen LogP contribution in [0.5, 0.6) is 5.95 Å². The largest absolute Gasteiger partial charge is 0.468 e. The molecule has 1 unspecified atom stereocenters. The van der Waals surface area contributed by atoms with Crippen molar-refractivity contribution < 1.29 is 18.7 Å². The SMILES string of the molecule is COc1ccc(C(=O)N2CCCC(C(=O)Nc3cccc(-c4cc5ccccc5[nH]4)c3)C2)o1. The molecule has 2 aromatic carbocycles. The predicted octanol–water partition coefficient (Wildman–Crippen LogP) is 4.93. The van der Waals surface area contributed by atoms with Crippen LogP contribution in [0.4, 0.5) is 5.69 Å². The molecule has 1 atom stereocenters. The van der Waals surface area contributed by atoms with Crippen molar-refractivity contribution in [2.45, 2.75) is 12.8 Å². The van der Waals surface area contributed by atoms with Crippen LogP contribution in [0.1, 0.15) is 23.4 Å². The highest BCUT2D eigenvalue weighted by atomic mass is 16.6. The third-order valence-electron chi connectivity index (χ3n) is 6.04. The lowest BCUT2D eigenvalue weighted by molar-refractivity contribution is -0.121. The Kier molecular flexibility index (Phi) is 5.60. The van der Waals surface area contributed by atoms with Gasteiger partial charge in [0.1, 0.15) is 0 Å². The van der Waals surface area contributed by atoms with Crippen molar-refractivity contribution in [3.8, 4) is 17.2 Å². The van der Waals surface area contributed by atoms with Crippen LogP contribution >= 0.6 is 0 Å². The molecule has 0 bridgehead atoms. The average molecular weight is 444 g/mol. The number of hydrogen-bond donors (Lipinski definition) is 2. The minimum Gasteiger partial charge on any atom is -0.468 e. The molecule has 2 amide bonds. The summed E-state index contributed by atoms with van der Waals surface area (Å²) in [6.07, 6.45) is 1.50. The lowest BCUT2D eigenvalue weighted by Gasteiger charge is -2.31. The van der Waals surface area contributed by atoms with Gasteiger partial charge in [-0.2, -0.15) is 0 Å². The van der Waals surface area contributed by atoms with Crippen LogP contribution in [0.25, 0.3) is 22.2 Å². The quantitative estimate of drug-likeness (QED) is 0.458. The number of carbonyl (C=O) groups is 2. The fourth-order valence-corrected chi connectivity index (χ4v) is 4.31. The summed E-state index contributed by atoms with van der Waals surface area (Å²) >= 11 is 0. The molecule has 3 heterocycles. The summed E-state index contributed by atoms with van der Waals surface area (Å²) in [7, 11) is 1.49. The van der Waals surface area contributed by atoms with Crippen molar-refractivity contribution in [2.75, 3.05) is 25.5 Å². The zero-order chi connectivity index (χ0) is 22.8. The van der Waals surface area contributed by atoms with Crippen LogP contribution < -0.4 is 10.1 Å². The second kappa shape index (κ2) is 8.86. The smallest absolute Gasteiger partial charge is 0.289 e. The van der Waals surface area contributed by atoms with Crippen molar-refractivity contribution in [3.05, 3.63) is 72.5 Å². The molecule has 0 radical (unpaired) electrons. The highest BCUT2D eigenvalue weighted by molar-refractivity contribution is 5.95. The first-order valence-electron chi connectivity index (χ1n) is 11.0. The van der Waals surface area contributed by atoms with E-state index in [9.17, 15) is 9.59 Å². The van der Waals surface area contributed by atoms with E-state index in [-0.39, 0.29) is 23.5 Å². The van der Waals surface area contributed by atoms with Gasteiger partial charge < -0.3 is 24.4 Å². The first-order chi connectivity index (χ1) is 16.1. The number of H-pyrrole nitrogens is 1. The Labute approximate surface area is 191 Å². The lowest BCUT2D eigenvalue weighted by atomic mass is 9.96. The molecule has 4 aromatic rings. The third kappa shape index (κ3) is 4.35. The van der Waals surface area contributed by atoms with Gasteiger partial charge in [0, 0.05) is 47.0 Å². The van der Waals surface area contributed by atoms with Gasteiger partial charge in [0.05, 0.1) is 13.0 Å². The zero-order valence-electron chi connectivity index (χ0n) is 18.3. The maximum atomic E-state index is 13.0. The van der Waals surface area contributed by atoms with Gasteiger partial charge in [-0.25, -0.2) is 0 Å². The molecule has 2 N–H and O–H groups in total. The number of benzene rings is 2. The number of aromatic nitrogens is 1. The monoisotopic (exact) mass is 443 g/mol. The number of para-hydroxylation sites is 1. The van der Waals surface area contributed by atoms with Gasteiger partial charge in [-0.1, -0.05) is 30.3 Å². The number of rotatable bonds is 5. The maximum absolute atomic E-state index is 13.0. The molecule has 1 aliphatic rings. The first kappa shape index (κ1) is 20.9. The zero-order valence-corrected chi connectivity index (χ0v) is 18.3. The van der Waals surface area contributed by atoms with E-state index in [0.29, 0.717) is 19.0 Å². The number of methoxy groups -OCH3 is 1. The summed E-state index contributed by atoms with van der Waals surface area (Å²) in [5.41, 5.74) is 3.80. The standard InChI is InChI=1S/C26H25N3O4/c1-32-24-12-11-23(33-24)26(31)29-13-5-8-19(16-29)25(30)27-20-9-4-7-17(14-20)22-15-18-6-2-3-10-21(18)28-22/h2-4,6-7,9-12,14-15,19,28H,5,8,13,16H2,1H3,(H,27,30). The number of amides is 2. The number of anilines is 1. The summed E-state index contributed by atoms with van der Waals surface area (Å²) in [5, 5.41) is 4.18. The molecular weight excluding hydrogens is 418 g/mol. The van der Waals surface area contributed by atoms with Crippen LogP contribution in [0, 0.1) is 5.92 Å². The number of fused-ring (bicyclic) bond motifs is 1. The normalized spacial score (nSPS) is 16.0. The van der Waals surface area contributed by atoms with Crippen molar-refractivity contribution >= 4 is 28.4 Å². The van der Waals surface area contributed by atoms with Gasteiger partial charge >= 0.3 is 0 Å². The van der Waals surface area contributed by atoms with Crippen LogP contribution in [0.3, 0.4) is 0 Å². The molecule has 2 aromatic heterocycles. The third-order valence-corrected chi connectivity index (χ3v) is 6.04. The van der Waals surface area contributed by atoms with E-state index in [1.165, 1.54) is 7.11 Å². The van der Waals surface area contributed by atoms with E-state index in [0.717, 1.165) is 40.7 Å². The molecule has 7 heteroatoms. The number of likely N-dealkylation sites (tertiary alicyclic amines) is 1. The Morgan fingerprint density at radius 2 is 1.97 bits per heavy atom. The molecular formula is C26H25N3O4. The van der Waals surface area contributed by atoms with Gasteiger partial charge in [0.25, 0.3) is 11.9 Å². The summed E-state index contributed by atoms with van der Waals surface area (Å²) in [5.74, 6) is -0.0790. The van der Waals surface area contributed by atoms with Crippen molar-refractivity contribution in [1.82, 2.24) is 9.88 Å². The summed E-state index contributed by atoms with van der Waals surface area (Å²) in [6, 6.07) is 21.2. The Morgan fingerprint density at radius 3 is 2.79 bits per heavy atom. The van der Waals surface area contributed by atoms with E-state index in [2.05, 4.69) is 22.4 Å². The number of nitrogens with one attached hydrogen (secondary N) is 2. The number of carbonyl (C=O) groups excluding carboxylic acids is 2. The average Bonchev–Trinajstić information content (AvgIpc) is 3.51. The summed E-state index contributed by atoms with van der Waals surface area (Å²) < 4.78 is 10.4. The molecule has 5 rings (SSSR count). The Bertz CT molecular complexity index is 1270.